The molecule has 0 spiro atoms. The lowest BCUT2D eigenvalue weighted by Crippen LogP contribution is -2.44. The molecule has 12 heteroatoms. The molecule has 0 aromatic heterocycles. The zero-order valence-electron chi connectivity index (χ0n) is 23.0. The Morgan fingerprint density at radius 2 is 1.40 bits per heavy atom. The first-order chi connectivity index (χ1) is 19.3. The van der Waals surface area contributed by atoms with Gasteiger partial charge in [-0.1, -0.05) is 0 Å². The second-order valence-corrected chi connectivity index (χ2v) is 9.18. The Balaban J connectivity index is 2.23. The fourth-order valence-corrected chi connectivity index (χ4v) is 4.02. The van der Waals surface area contributed by atoms with Gasteiger partial charge in [-0.3, -0.25) is 14.4 Å². The van der Waals surface area contributed by atoms with Gasteiger partial charge >= 0.3 is 0 Å². The predicted molar refractivity (Wildman–Crippen MR) is 153 cm³/mol. The van der Waals surface area contributed by atoms with Crippen molar-refractivity contribution in [1.82, 2.24) is 10.6 Å². The summed E-state index contributed by atoms with van der Waals surface area (Å²) in [7, 11) is 2.85. The molecule has 0 saturated heterocycles. The highest BCUT2D eigenvalue weighted by Gasteiger charge is 2.24. The SMILES string of the molecule is COc1ccc(NC(=O)[C@H](CCCCN)NC(=O)c2cc(N)ccc2OC)cc1C(=O)N[C@H](C=O)CCCCN. The molecule has 0 aliphatic rings. The Labute approximate surface area is 234 Å². The molecule has 0 aliphatic carbocycles. The van der Waals surface area contributed by atoms with Crippen molar-refractivity contribution in [2.75, 3.05) is 38.4 Å². The van der Waals surface area contributed by atoms with Crippen molar-refractivity contribution in [2.45, 2.75) is 50.6 Å². The molecule has 2 rings (SSSR count). The normalized spacial score (nSPS) is 12.1. The Hall–Kier alpha value is -4.16. The van der Waals surface area contributed by atoms with Crippen molar-refractivity contribution in [3.05, 3.63) is 47.5 Å². The van der Waals surface area contributed by atoms with Crippen molar-refractivity contribution >= 4 is 35.4 Å². The van der Waals surface area contributed by atoms with Crippen molar-refractivity contribution in [1.29, 1.82) is 0 Å². The molecule has 0 heterocycles. The highest BCUT2D eigenvalue weighted by molar-refractivity contribution is 6.04. The molecule has 2 atom stereocenters. The largest absolute Gasteiger partial charge is 0.496 e. The predicted octanol–water partition coefficient (Wildman–Crippen LogP) is 1.58. The van der Waals surface area contributed by atoms with Gasteiger partial charge in [-0.25, -0.2) is 0 Å². The lowest BCUT2D eigenvalue weighted by Gasteiger charge is -2.20. The van der Waals surface area contributed by atoms with E-state index in [0.717, 1.165) is 6.42 Å². The monoisotopic (exact) mass is 556 g/mol. The van der Waals surface area contributed by atoms with E-state index in [2.05, 4.69) is 16.0 Å². The molecule has 3 amide bonds. The number of benzene rings is 2. The fourth-order valence-electron chi connectivity index (χ4n) is 4.02. The van der Waals surface area contributed by atoms with E-state index < -0.39 is 29.8 Å². The lowest BCUT2D eigenvalue weighted by atomic mass is 10.1. The molecular weight excluding hydrogens is 516 g/mol. The molecule has 0 saturated carbocycles. The maximum Gasteiger partial charge on any atom is 0.255 e. The number of hydrogen-bond acceptors (Lipinski definition) is 9. The Morgan fingerprint density at radius 1 is 0.825 bits per heavy atom. The standard InChI is InChI=1S/C28H40N6O6/c1-39-24-11-9-18(31)15-21(24)27(37)34-23(8-4-6-14-30)28(38)32-19-10-12-25(40-2)22(16-19)26(36)33-20(17-35)7-3-5-13-29/h9-12,15-17,20,23H,3-8,13-14,29-31H2,1-2H3,(H,32,38)(H,33,36)(H,34,37)/t20-,23-/m0/s1. The molecule has 218 valence electrons. The van der Waals surface area contributed by atoms with Crippen LogP contribution in [0.3, 0.4) is 0 Å². The molecule has 12 nitrogen and oxygen atoms in total. The van der Waals surface area contributed by atoms with Gasteiger partial charge in [0.25, 0.3) is 11.8 Å². The third-order valence-corrected chi connectivity index (χ3v) is 6.20. The van der Waals surface area contributed by atoms with Crippen LogP contribution in [0.1, 0.15) is 59.2 Å². The van der Waals surface area contributed by atoms with Crippen molar-refractivity contribution in [3.63, 3.8) is 0 Å². The van der Waals surface area contributed by atoms with Crippen molar-refractivity contribution < 1.29 is 28.7 Å². The number of nitrogen functional groups attached to an aromatic ring is 1. The first-order valence-corrected chi connectivity index (χ1v) is 13.2. The summed E-state index contributed by atoms with van der Waals surface area (Å²) in [6.07, 6.45) is 4.13. The number of nitrogens with two attached hydrogens (primary N) is 3. The maximum absolute atomic E-state index is 13.3. The van der Waals surface area contributed by atoms with E-state index in [1.807, 2.05) is 0 Å². The summed E-state index contributed by atoms with van der Waals surface area (Å²) in [5.74, 6) is -0.961. The first-order valence-electron chi connectivity index (χ1n) is 13.2. The van der Waals surface area contributed by atoms with Gasteiger partial charge < -0.3 is 47.4 Å². The van der Waals surface area contributed by atoms with Crippen LogP contribution in [0.2, 0.25) is 0 Å². The highest BCUT2D eigenvalue weighted by Crippen LogP contribution is 2.24. The van der Waals surface area contributed by atoms with Crippen LogP contribution < -0.4 is 42.6 Å². The van der Waals surface area contributed by atoms with Crippen LogP contribution in [0.4, 0.5) is 11.4 Å². The molecule has 0 bridgehead atoms. The summed E-state index contributed by atoms with van der Waals surface area (Å²) in [5.41, 5.74) is 18.0. The van der Waals surface area contributed by atoms with Crippen molar-refractivity contribution in [2.24, 2.45) is 11.5 Å². The Bertz CT molecular complexity index is 1160. The minimum atomic E-state index is -0.911. The summed E-state index contributed by atoms with van der Waals surface area (Å²) >= 11 is 0. The maximum atomic E-state index is 13.3. The van der Waals surface area contributed by atoms with E-state index in [9.17, 15) is 19.2 Å². The average Bonchev–Trinajstić information content (AvgIpc) is 2.95. The summed E-state index contributed by atoms with van der Waals surface area (Å²) in [6, 6.07) is 7.62. The number of amides is 3. The summed E-state index contributed by atoms with van der Waals surface area (Å²) < 4.78 is 10.6. The molecule has 2 aromatic carbocycles. The number of hydrogen-bond donors (Lipinski definition) is 6. The van der Waals surface area contributed by atoms with Gasteiger partial charge in [0.05, 0.1) is 31.4 Å². The molecular formula is C28H40N6O6. The number of anilines is 2. The highest BCUT2D eigenvalue weighted by atomic mass is 16.5. The van der Waals surface area contributed by atoms with Crippen molar-refractivity contribution in [3.8, 4) is 11.5 Å². The zero-order valence-corrected chi connectivity index (χ0v) is 23.0. The second kappa shape index (κ2) is 16.7. The van der Waals surface area contributed by atoms with Crippen LogP contribution in [0.25, 0.3) is 0 Å². The van der Waals surface area contributed by atoms with Gasteiger partial charge in [-0.05, 0) is 88.0 Å². The molecule has 0 aliphatic heterocycles. The second-order valence-electron chi connectivity index (χ2n) is 9.18. The van der Waals surface area contributed by atoms with Crippen LogP contribution in [0.5, 0.6) is 11.5 Å². The van der Waals surface area contributed by atoms with Crippen LogP contribution in [0.15, 0.2) is 36.4 Å². The Kier molecular flexibility index (Phi) is 13.4. The van der Waals surface area contributed by atoms with E-state index in [4.69, 9.17) is 26.7 Å². The number of methoxy groups -OCH3 is 2. The van der Waals surface area contributed by atoms with Gasteiger partial charge in [-0.2, -0.15) is 0 Å². The van der Waals surface area contributed by atoms with E-state index in [1.165, 1.54) is 32.4 Å². The smallest absolute Gasteiger partial charge is 0.255 e. The van der Waals surface area contributed by atoms with Gasteiger partial charge in [0, 0.05) is 11.4 Å². The number of carbonyl (C=O) groups excluding carboxylic acids is 4. The number of aldehydes is 1. The molecule has 40 heavy (non-hydrogen) atoms. The summed E-state index contributed by atoms with van der Waals surface area (Å²) in [6.45, 7) is 0.937. The van der Waals surface area contributed by atoms with E-state index in [-0.39, 0.29) is 16.9 Å². The number of rotatable bonds is 17. The molecule has 9 N–H and O–H groups in total. The van der Waals surface area contributed by atoms with E-state index in [1.54, 1.807) is 18.2 Å². The number of carbonyl (C=O) groups is 4. The van der Waals surface area contributed by atoms with Gasteiger partial charge in [0.15, 0.2) is 0 Å². The van der Waals surface area contributed by atoms with Crippen LogP contribution in [-0.4, -0.2) is 63.4 Å². The topological polar surface area (TPSA) is 201 Å². The Morgan fingerprint density at radius 3 is 2.00 bits per heavy atom. The molecule has 0 unspecified atom stereocenters. The lowest BCUT2D eigenvalue weighted by molar-refractivity contribution is -0.118. The van der Waals surface area contributed by atoms with Crippen LogP contribution in [0, 0.1) is 0 Å². The van der Waals surface area contributed by atoms with Gasteiger partial charge in [0.1, 0.15) is 23.8 Å². The van der Waals surface area contributed by atoms with Gasteiger partial charge in [-0.15, -0.1) is 0 Å². The van der Waals surface area contributed by atoms with E-state index >= 15 is 0 Å². The third-order valence-electron chi connectivity index (χ3n) is 6.20. The number of unbranched alkanes of at least 4 members (excludes halogenated alkanes) is 2. The molecule has 2 aromatic rings. The molecule has 0 fully saturated rings. The minimum Gasteiger partial charge on any atom is -0.496 e. The first kappa shape index (κ1) is 32.1. The quantitative estimate of drug-likeness (QED) is 0.0950. The fraction of sp³-hybridized carbons (Fsp3) is 0.429. The van der Waals surface area contributed by atoms with Crippen LogP contribution >= 0.6 is 0 Å². The third kappa shape index (κ3) is 9.54. The summed E-state index contributed by atoms with van der Waals surface area (Å²) in [5, 5.41) is 8.20. The zero-order chi connectivity index (χ0) is 29.5. The van der Waals surface area contributed by atoms with Crippen LogP contribution in [-0.2, 0) is 9.59 Å². The minimum absolute atomic E-state index is 0.138. The van der Waals surface area contributed by atoms with E-state index in [0.29, 0.717) is 68.6 Å². The van der Waals surface area contributed by atoms with Gasteiger partial charge in [0.2, 0.25) is 5.91 Å². The number of nitrogens with one attached hydrogen (secondary N) is 3. The summed E-state index contributed by atoms with van der Waals surface area (Å²) in [4.78, 5) is 50.8. The number of ether oxygens (including phenoxy) is 2. The molecule has 0 radical (unpaired) electrons. The average molecular weight is 557 g/mol.